The van der Waals surface area contributed by atoms with Gasteiger partial charge in [0, 0.05) is 25.1 Å². The van der Waals surface area contributed by atoms with Crippen LogP contribution >= 0.6 is 0 Å². The van der Waals surface area contributed by atoms with E-state index >= 15 is 0 Å². The molecule has 0 unspecified atom stereocenters. The second kappa shape index (κ2) is 6.43. The average Bonchev–Trinajstić information content (AvgIpc) is 2.17. The summed E-state index contributed by atoms with van der Waals surface area (Å²) in [6.45, 7) is 7.45. The summed E-state index contributed by atoms with van der Waals surface area (Å²) in [5.74, 6) is 0. The Kier molecular flexibility index (Phi) is 6.36. The lowest BCUT2D eigenvalue weighted by Crippen LogP contribution is -2.41. The van der Waals surface area contributed by atoms with Crippen molar-refractivity contribution >= 4 is 0 Å². The van der Waals surface area contributed by atoms with E-state index in [0.29, 0.717) is 6.54 Å². The van der Waals surface area contributed by atoms with E-state index in [1.54, 1.807) is 0 Å². The predicted molar refractivity (Wildman–Crippen MR) is 60.6 cm³/mol. The van der Waals surface area contributed by atoms with Crippen LogP contribution in [-0.4, -0.2) is 48.2 Å². The minimum atomic E-state index is -0.463. The molecule has 4 nitrogen and oxygen atoms in total. The number of aliphatic hydroxyl groups is 3. The minimum Gasteiger partial charge on any atom is -0.396 e. The lowest BCUT2D eigenvalue weighted by Gasteiger charge is -2.29. The third kappa shape index (κ3) is 6.10. The molecule has 0 aliphatic carbocycles. The molecule has 0 aliphatic heterocycles. The van der Waals surface area contributed by atoms with E-state index in [9.17, 15) is 0 Å². The molecule has 4 N–H and O–H groups in total. The quantitative estimate of drug-likeness (QED) is 0.463. The van der Waals surface area contributed by atoms with Crippen molar-refractivity contribution < 1.29 is 15.3 Å². The van der Waals surface area contributed by atoms with Gasteiger partial charge >= 0.3 is 0 Å². The molecule has 0 radical (unpaired) electrons. The number of nitrogens with one attached hydrogen (secondary N) is 1. The molecule has 0 saturated carbocycles. The van der Waals surface area contributed by atoms with Crippen LogP contribution in [0.2, 0.25) is 0 Å². The van der Waals surface area contributed by atoms with Gasteiger partial charge < -0.3 is 20.6 Å². The number of hydrogen-bond acceptors (Lipinski definition) is 4. The van der Waals surface area contributed by atoms with Gasteiger partial charge in [0.05, 0.1) is 13.2 Å². The molecule has 0 bridgehead atoms. The summed E-state index contributed by atoms with van der Waals surface area (Å²) in [7, 11) is 0. The van der Waals surface area contributed by atoms with E-state index in [0.717, 1.165) is 13.0 Å². The molecule has 0 aromatic carbocycles. The molecule has 92 valence electrons. The third-order valence-electron chi connectivity index (χ3n) is 2.71. The molecule has 0 saturated heterocycles. The molecular formula is C11H25NO3. The molecule has 0 aliphatic rings. The summed E-state index contributed by atoms with van der Waals surface area (Å²) < 4.78 is 0. The van der Waals surface area contributed by atoms with Crippen molar-refractivity contribution in [1.29, 1.82) is 0 Å². The zero-order valence-electron chi connectivity index (χ0n) is 10.1. The summed E-state index contributed by atoms with van der Waals surface area (Å²) in [5, 5.41) is 30.2. The third-order valence-corrected chi connectivity index (χ3v) is 2.71. The van der Waals surface area contributed by atoms with Crippen LogP contribution in [0.25, 0.3) is 0 Å². The second-order valence-corrected chi connectivity index (χ2v) is 5.37. The van der Waals surface area contributed by atoms with Gasteiger partial charge in [-0.2, -0.15) is 0 Å². The van der Waals surface area contributed by atoms with Crippen LogP contribution in [0, 0.1) is 10.8 Å². The van der Waals surface area contributed by atoms with Crippen LogP contribution in [-0.2, 0) is 0 Å². The SMILES string of the molecule is CC(C)(CCO)CNCC(C)(CO)CO. The van der Waals surface area contributed by atoms with E-state index < -0.39 is 5.41 Å². The van der Waals surface area contributed by atoms with Crippen LogP contribution < -0.4 is 5.32 Å². The Hall–Kier alpha value is -0.160. The lowest BCUT2D eigenvalue weighted by molar-refractivity contribution is 0.0666. The molecule has 0 fully saturated rings. The highest BCUT2D eigenvalue weighted by Gasteiger charge is 2.23. The Morgan fingerprint density at radius 2 is 1.47 bits per heavy atom. The fourth-order valence-electron chi connectivity index (χ4n) is 1.26. The van der Waals surface area contributed by atoms with Gasteiger partial charge in [-0.15, -0.1) is 0 Å². The molecule has 4 heteroatoms. The standard InChI is InChI=1S/C11H25NO3/c1-10(2,4-5-13)6-12-7-11(3,8-14)9-15/h12-15H,4-9H2,1-3H3. The first-order chi connectivity index (χ1) is 6.89. The normalized spacial score (nSPS) is 13.2. The number of hydrogen-bond donors (Lipinski definition) is 4. The van der Waals surface area contributed by atoms with E-state index in [2.05, 4.69) is 19.2 Å². The summed E-state index contributed by atoms with van der Waals surface area (Å²) in [6.07, 6.45) is 0.745. The van der Waals surface area contributed by atoms with Crippen molar-refractivity contribution in [3.05, 3.63) is 0 Å². The van der Waals surface area contributed by atoms with Crippen LogP contribution in [0.4, 0.5) is 0 Å². The Morgan fingerprint density at radius 3 is 1.87 bits per heavy atom. The molecule has 0 atom stereocenters. The smallest absolute Gasteiger partial charge is 0.0518 e. The Bertz CT molecular complexity index is 167. The van der Waals surface area contributed by atoms with Crippen molar-refractivity contribution in [2.45, 2.75) is 27.2 Å². The van der Waals surface area contributed by atoms with Gasteiger partial charge in [0.15, 0.2) is 0 Å². The monoisotopic (exact) mass is 219 g/mol. The topological polar surface area (TPSA) is 72.7 Å². The summed E-state index contributed by atoms with van der Waals surface area (Å²) in [4.78, 5) is 0. The average molecular weight is 219 g/mol. The highest BCUT2D eigenvalue weighted by molar-refractivity contribution is 4.78. The van der Waals surface area contributed by atoms with E-state index in [1.807, 2.05) is 6.92 Å². The summed E-state index contributed by atoms with van der Waals surface area (Å²) in [6, 6.07) is 0. The van der Waals surface area contributed by atoms with E-state index in [1.165, 1.54) is 0 Å². The van der Waals surface area contributed by atoms with Gasteiger partial charge in [0.2, 0.25) is 0 Å². The zero-order chi connectivity index (χ0) is 11.9. The molecule has 0 rings (SSSR count). The van der Waals surface area contributed by atoms with Crippen LogP contribution in [0.3, 0.4) is 0 Å². The molecule has 15 heavy (non-hydrogen) atoms. The molecule has 0 amide bonds. The maximum atomic E-state index is 9.08. The van der Waals surface area contributed by atoms with Crippen LogP contribution in [0.5, 0.6) is 0 Å². The van der Waals surface area contributed by atoms with Crippen molar-refractivity contribution in [3.63, 3.8) is 0 Å². The van der Waals surface area contributed by atoms with Crippen LogP contribution in [0.1, 0.15) is 27.2 Å². The first-order valence-corrected chi connectivity index (χ1v) is 5.42. The fraction of sp³-hybridized carbons (Fsp3) is 1.00. The summed E-state index contributed by atoms with van der Waals surface area (Å²) >= 11 is 0. The minimum absolute atomic E-state index is 0.0308. The molecule has 0 heterocycles. The molecule has 0 aromatic heterocycles. The molecule has 0 spiro atoms. The lowest BCUT2D eigenvalue weighted by atomic mass is 9.88. The second-order valence-electron chi connectivity index (χ2n) is 5.37. The predicted octanol–water partition coefficient (Wildman–Crippen LogP) is -0.0245. The largest absolute Gasteiger partial charge is 0.396 e. The van der Waals surface area contributed by atoms with Gasteiger partial charge in [-0.1, -0.05) is 20.8 Å². The highest BCUT2D eigenvalue weighted by atomic mass is 16.3. The molecule has 0 aromatic rings. The van der Waals surface area contributed by atoms with Crippen molar-refractivity contribution in [1.82, 2.24) is 5.32 Å². The Balaban J connectivity index is 3.87. The van der Waals surface area contributed by atoms with Gasteiger partial charge in [0.25, 0.3) is 0 Å². The summed E-state index contributed by atoms with van der Waals surface area (Å²) in [5.41, 5.74) is -0.421. The van der Waals surface area contributed by atoms with Crippen molar-refractivity contribution in [2.24, 2.45) is 10.8 Å². The van der Waals surface area contributed by atoms with Gasteiger partial charge in [-0.25, -0.2) is 0 Å². The fourth-order valence-corrected chi connectivity index (χ4v) is 1.26. The van der Waals surface area contributed by atoms with Crippen molar-refractivity contribution in [3.8, 4) is 0 Å². The Morgan fingerprint density at radius 1 is 0.933 bits per heavy atom. The molecular weight excluding hydrogens is 194 g/mol. The highest BCUT2D eigenvalue weighted by Crippen LogP contribution is 2.19. The first-order valence-electron chi connectivity index (χ1n) is 5.42. The maximum Gasteiger partial charge on any atom is 0.0518 e. The maximum absolute atomic E-state index is 9.08. The zero-order valence-corrected chi connectivity index (χ0v) is 10.1. The first kappa shape index (κ1) is 14.8. The number of aliphatic hydroxyl groups excluding tert-OH is 3. The van der Waals surface area contributed by atoms with E-state index in [-0.39, 0.29) is 25.2 Å². The number of rotatable bonds is 8. The van der Waals surface area contributed by atoms with Gasteiger partial charge in [0.1, 0.15) is 0 Å². The van der Waals surface area contributed by atoms with Gasteiger partial charge in [-0.3, -0.25) is 0 Å². The van der Waals surface area contributed by atoms with Gasteiger partial charge in [-0.05, 0) is 11.8 Å². The van der Waals surface area contributed by atoms with E-state index in [4.69, 9.17) is 15.3 Å². The van der Waals surface area contributed by atoms with Crippen molar-refractivity contribution in [2.75, 3.05) is 32.9 Å². The Labute approximate surface area is 92.3 Å². The van der Waals surface area contributed by atoms with Crippen LogP contribution in [0.15, 0.2) is 0 Å².